The number of nitrogens with two attached hydrogens (primary N) is 1. The van der Waals surface area contributed by atoms with Gasteiger partial charge in [-0.3, -0.25) is 19.2 Å². The van der Waals surface area contributed by atoms with E-state index in [0.717, 1.165) is 0 Å². The summed E-state index contributed by atoms with van der Waals surface area (Å²) in [6.07, 6.45) is 2.73. The van der Waals surface area contributed by atoms with Crippen LogP contribution in [-0.4, -0.2) is 42.5 Å². The minimum Gasteiger partial charge on any atom is -0.344 e. The molecule has 0 saturated carbocycles. The lowest BCUT2D eigenvalue weighted by Crippen LogP contribution is -2.53. The van der Waals surface area contributed by atoms with Crippen molar-refractivity contribution in [3.05, 3.63) is 0 Å². The highest BCUT2D eigenvalue weighted by atomic mass is 16.2. The number of carbonyl (C=O) groups excluding carboxylic acids is 4. The van der Waals surface area contributed by atoms with Crippen LogP contribution in [-0.2, 0) is 19.2 Å². The molecule has 0 aliphatic heterocycles. The van der Waals surface area contributed by atoms with E-state index in [-0.39, 0.29) is 12.3 Å². The molecule has 106 valence electrons. The average molecular weight is 269 g/mol. The number of hydrogen-bond acceptors (Lipinski definition) is 5. The lowest BCUT2D eigenvalue weighted by atomic mass is 10.0. The van der Waals surface area contributed by atoms with Crippen LogP contribution in [0.15, 0.2) is 0 Å². The van der Waals surface area contributed by atoms with Crippen molar-refractivity contribution in [1.82, 2.24) is 10.6 Å². The van der Waals surface area contributed by atoms with E-state index in [4.69, 9.17) is 5.73 Å². The molecule has 0 aromatic carbocycles. The molecule has 0 bridgehead atoms. The van der Waals surface area contributed by atoms with E-state index in [9.17, 15) is 19.2 Å². The van der Waals surface area contributed by atoms with Crippen molar-refractivity contribution in [3.8, 4) is 0 Å². The Kier molecular flexibility index (Phi) is 7.59. The maximum atomic E-state index is 11.6. The SMILES string of the molecule is CC(C)[C@H](N)C(=O)N[C@@H](C)C(=O)N[C@H]([C]=O)C[C]=O. The summed E-state index contributed by atoms with van der Waals surface area (Å²) in [5.74, 6) is -1.10. The van der Waals surface area contributed by atoms with Gasteiger partial charge in [0.05, 0.1) is 6.04 Å². The molecule has 2 radical (unpaired) electrons. The zero-order chi connectivity index (χ0) is 15.0. The first kappa shape index (κ1) is 17.2. The fraction of sp³-hybridized carbons (Fsp3) is 0.667. The van der Waals surface area contributed by atoms with Gasteiger partial charge in [-0.05, 0) is 12.8 Å². The number of nitrogens with one attached hydrogen (secondary N) is 2. The predicted octanol–water partition coefficient (Wildman–Crippen LogP) is -1.43. The van der Waals surface area contributed by atoms with Crippen LogP contribution in [0.4, 0.5) is 0 Å². The summed E-state index contributed by atoms with van der Waals surface area (Å²) in [5, 5.41) is 4.69. The minimum atomic E-state index is -1.05. The molecule has 0 fully saturated rings. The maximum Gasteiger partial charge on any atom is 0.242 e. The van der Waals surface area contributed by atoms with Gasteiger partial charge in [-0.15, -0.1) is 0 Å². The normalized spacial score (nSPS) is 15.2. The first-order valence-electron chi connectivity index (χ1n) is 5.92. The summed E-state index contributed by atoms with van der Waals surface area (Å²) >= 11 is 0. The van der Waals surface area contributed by atoms with Crippen LogP contribution in [0.1, 0.15) is 27.2 Å². The van der Waals surface area contributed by atoms with Gasteiger partial charge in [-0.2, -0.15) is 0 Å². The monoisotopic (exact) mass is 269 g/mol. The molecule has 0 heterocycles. The van der Waals surface area contributed by atoms with E-state index in [1.165, 1.54) is 19.5 Å². The predicted molar refractivity (Wildman–Crippen MR) is 68.4 cm³/mol. The third-order valence-corrected chi connectivity index (χ3v) is 2.52. The molecule has 3 atom stereocenters. The summed E-state index contributed by atoms with van der Waals surface area (Å²) in [6, 6.07) is -2.63. The van der Waals surface area contributed by atoms with Gasteiger partial charge in [0.2, 0.25) is 24.4 Å². The smallest absolute Gasteiger partial charge is 0.242 e. The number of rotatable bonds is 8. The topological polar surface area (TPSA) is 118 Å². The highest BCUT2D eigenvalue weighted by molar-refractivity contribution is 5.90. The quantitative estimate of drug-likeness (QED) is 0.499. The molecule has 19 heavy (non-hydrogen) atoms. The van der Waals surface area contributed by atoms with Crippen molar-refractivity contribution in [3.63, 3.8) is 0 Å². The van der Waals surface area contributed by atoms with Crippen LogP contribution >= 0.6 is 0 Å². The summed E-state index contributed by atoms with van der Waals surface area (Å²) in [5.41, 5.74) is 5.63. The zero-order valence-electron chi connectivity index (χ0n) is 11.2. The first-order valence-corrected chi connectivity index (χ1v) is 5.92. The molecule has 7 nitrogen and oxygen atoms in total. The number of carbonyl (C=O) groups is 2. The molecular formula is C12H19N3O4. The fourth-order valence-electron chi connectivity index (χ4n) is 1.18. The van der Waals surface area contributed by atoms with Gasteiger partial charge in [-0.25, -0.2) is 0 Å². The van der Waals surface area contributed by atoms with Crippen molar-refractivity contribution in [2.24, 2.45) is 11.7 Å². The molecule has 0 aromatic heterocycles. The summed E-state index contributed by atoms with van der Waals surface area (Å²) in [7, 11) is 0. The fourth-order valence-corrected chi connectivity index (χ4v) is 1.18. The van der Waals surface area contributed by atoms with Crippen LogP contribution in [0, 0.1) is 5.92 Å². The summed E-state index contributed by atoms with van der Waals surface area (Å²) < 4.78 is 0. The highest BCUT2D eigenvalue weighted by Crippen LogP contribution is 1.98. The molecular weight excluding hydrogens is 250 g/mol. The third-order valence-electron chi connectivity index (χ3n) is 2.52. The van der Waals surface area contributed by atoms with Crippen LogP contribution in [0.3, 0.4) is 0 Å². The van der Waals surface area contributed by atoms with Gasteiger partial charge < -0.3 is 16.4 Å². The Hall–Kier alpha value is -1.76. The lowest BCUT2D eigenvalue weighted by molar-refractivity contribution is -0.129. The Labute approximate surface area is 112 Å². The third kappa shape index (κ3) is 6.10. The lowest BCUT2D eigenvalue weighted by Gasteiger charge is -2.20. The van der Waals surface area contributed by atoms with Crippen molar-refractivity contribution < 1.29 is 19.2 Å². The molecule has 0 aliphatic carbocycles. The molecule has 0 aliphatic rings. The zero-order valence-corrected chi connectivity index (χ0v) is 11.2. The first-order chi connectivity index (χ1) is 8.83. The van der Waals surface area contributed by atoms with E-state index in [1.54, 1.807) is 13.8 Å². The minimum absolute atomic E-state index is 0.0593. The van der Waals surface area contributed by atoms with Gasteiger partial charge in [0.25, 0.3) is 0 Å². The molecule has 0 spiro atoms. The Morgan fingerprint density at radius 1 is 1.11 bits per heavy atom. The molecule has 0 unspecified atom stereocenters. The Morgan fingerprint density at radius 3 is 2.11 bits per heavy atom. The van der Waals surface area contributed by atoms with E-state index in [2.05, 4.69) is 10.6 Å². The van der Waals surface area contributed by atoms with Crippen molar-refractivity contribution in [2.75, 3.05) is 0 Å². The van der Waals surface area contributed by atoms with Gasteiger partial charge in [0.1, 0.15) is 12.1 Å². The van der Waals surface area contributed by atoms with E-state index < -0.39 is 29.9 Å². The van der Waals surface area contributed by atoms with E-state index in [1.807, 2.05) is 0 Å². The van der Waals surface area contributed by atoms with Crippen LogP contribution in [0.25, 0.3) is 0 Å². The standard InChI is InChI=1S/C12H19N3O4/c1-7(2)10(13)12(19)14-8(3)11(18)15-9(6-17)4-5-16/h7-10H,4,13H2,1-3H3,(H,14,19)(H,15,18)/t8-,9-,10-/m0/s1. The molecule has 0 rings (SSSR count). The second-order valence-electron chi connectivity index (χ2n) is 4.53. The number of hydrogen-bond donors (Lipinski definition) is 3. The van der Waals surface area contributed by atoms with Crippen LogP contribution < -0.4 is 16.4 Å². The second kappa shape index (κ2) is 8.36. The van der Waals surface area contributed by atoms with Crippen molar-refractivity contribution in [2.45, 2.75) is 45.3 Å². The second-order valence-corrected chi connectivity index (χ2v) is 4.53. The summed E-state index contributed by atoms with van der Waals surface area (Å²) in [4.78, 5) is 43.8. The maximum absolute atomic E-state index is 11.6. The summed E-state index contributed by atoms with van der Waals surface area (Å²) in [6.45, 7) is 5.02. The highest BCUT2D eigenvalue weighted by Gasteiger charge is 2.23. The Bertz CT molecular complexity index is 344. The van der Waals surface area contributed by atoms with Gasteiger partial charge in [0.15, 0.2) is 0 Å². The molecule has 0 aromatic rings. The van der Waals surface area contributed by atoms with E-state index >= 15 is 0 Å². The van der Waals surface area contributed by atoms with Gasteiger partial charge in [0, 0.05) is 6.42 Å². The largest absolute Gasteiger partial charge is 0.344 e. The van der Waals surface area contributed by atoms with Crippen molar-refractivity contribution >= 4 is 24.4 Å². The van der Waals surface area contributed by atoms with Crippen LogP contribution in [0.5, 0.6) is 0 Å². The molecule has 7 heteroatoms. The van der Waals surface area contributed by atoms with Crippen molar-refractivity contribution in [1.29, 1.82) is 0 Å². The van der Waals surface area contributed by atoms with Gasteiger partial charge in [-0.1, -0.05) is 13.8 Å². The van der Waals surface area contributed by atoms with Gasteiger partial charge >= 0.3 is 0 Å². The molecule has 4 N–H and O–H groups in total. The average Bonchev–Trinajstić information content (AvgIpc) is 2.36. The van der Waals surface area contributed by atoms with E-state index in [0.29, 0.717) is 0 Å². The Balaban J connectivity index is 4.37. The molecule has 2 amide bonds. The van der Waals surface area contributed by atoms with Crippen LogP contribution in [0.2, 0.25) is 0 Å². The molecule has 0 saturated heterocycles. The number of amides is 2. The Morgan fingerprint density at radius 2 is 1.68 bits per heavy atom.